The van der Waals surface area contributed by atoms with E-state index in [2.05, 4.69) is 10.3 Å². The van der Waals surface area contributed by atoms with Crippen LogP contribution in [0.3, 0.4) is 0 Å². The first-order chi connectivity index (χ1) is 15.1. The molecule has 0 saturated carbocycles. The van der Waals surface area contributed by atoms with Crippen molar-refractivity contribution in [3.8, 4) is 5.75 Å². The molecule has 0 spiro atoms. The van der Waals surface area contributed by atoms with Crippen molar-refractivity contribution in [2.75, 3.05) is 18.5 Å². The van der Waals surface area contributed by atoms with Crippen molar-refractivity contribution < 1.29 is 38.2 Å². The van der Waals surface area contributed by atoms with Crippen LogP contribution < -0.4 is 15.7 Å². The molecule has 4 rings (SSSR count). The number of alkyl halides is 2. The summed E-state index contributed by atoms with van der Waals surface area (Å²) in [4.78, 5) is 39.0. The summed E-state index contributed by atoms with van der Waals surface area (Å²) in [6, 6.07) is 3.44. The largest absolute Gasteiger partial charge is 0.493 e. The van der Waals surface area contributed by atoms with E-state index in [0.29, 0.717) is 28.9 Å². The Kier molecular flexibility index (Phi) is 5.36. The lowest BCUT2D eigenvalue weighted by atomic mass is 10.1. The second kappa shape index (κ2) is 7.89. The van der Waals surface area contributed by atoms with Crippen LogP contribution in [0.1, 0.15) is 22.1 Å². The first kappa shape index (κ1) is 21.7. The average molecular weight is 454 g/mol. The highest BCUT2D eigenvalue weighted by Crippen LogP contribution is 2.42. The van der Waals surface area contributed by atoms with Gasteiger partial charge < -0.3 is 25.0 Å². The maximum atomic E-state index is 14.2. The van der Waals surface area contributed by atoms with Gasteiger partial charge in [-0.3, -0.25) is 19.5 Å². The highest BCUT2D eigenvalue weighted by atomic mass is 19.3. The minimum Gasteiger partial charge on any atom is -0.493 e. The minimum absolute atomic E-state index is 0.317. The number of carbonyl (C=O) groups excluding carboxylic acids is 1. The van der Waals surface area contributed by atoms with Crippen molar-refractivity contribution in [2.45, 2.75) is 30.8 Å². The van der Waals surface area contributed by atoms with E-state index in [4.69, 9.17) is 14.6 Å². The lowest BCUT2D eigenvalue weighted by Gasteiger charge is -2.21. The van der Waals surface area contributed by atoms with Gasteiger partial charge in [-0.15, -0.1) is 0 Å². The van der Waals surface area contributed by atoms with Crippen LogP contribution in [0.15, 0.2) is 29.2 Å². The Hall–Kier alpha value is -3.49. The van der Waals surface area contributed by atoms with Gasteiger partial charge in [-0.2, -0.15) is 13.8 Å². The van der Waals surface area contributed by atoms with Gasteiger partial charge in [-0.05, 0) is 6.07 Å². The highest BCUT2D eigenvalue weighted by molar-refractivity contribution is 6.07. The number of hydrogen-bond donors (Lipinski definition) is 3. The number of fused-ring (bicyclic) bond motifs is 1. The number of halogens is 2. The van der Waals surface area contributed by atoms with Crippen LogP contribution in [0.2, 0.25) is 0 Å². The molecule has 14 heteroatoms. The standard InChI is InChI=1S/C18H16F2N4O8/c19-18(20)14(26)12(7-25)32-16(18)23-3-1-13(22-17(23)28)21-15(27)9-6-11-8(2-4-31-11)5-10(9)24(29)30/h1,3,5-6,12,14,16,25-26H,2,4,7H2,(H,21,22,27,28)/t12-,14-,16?/m1/s1. The topological polar surface area (TPSA) is 166 Å². The van der Waals surface area contributed by atoms with E-state index in [-0.39, 0.29) is 11.4 Å². The molecule has 3 N–H and O–H groups in total. The normalized spacial score (nSPS) is 23.4. The van der Waals surface area contributed by atoms with Crippen molar-refractivity contribution in [1.29, 1.82) is 0 Å². The summed E-state index contributed by atoms with van der Waals surface area (Å²) < 4.78 is 39.1. The van der Waals surface area contributed by atoms with E-state index >= 15 is 0 Å². The van der Waals surface area contributed by atoms with E-state index in [1.807, 2.05) is 0 Å². The monoisotopic (exact) mass is 454 g/mol. The molecule has 0 radical (unpaired) electrons. The molecule has 0 aliphatic carbocycles. The van der Waals surface area contributed by atoms with Crippen molar-refractivity contribution in [2.24, 2.45) is 0 Å². The quantitative estimate of drug-likeness (QED) is 0.423. The first-order valence-corrected chi connectivity index (χ1v) is 9.30. The lowest BCUT2D eigenvalue weighted by Crippen LogP contribution is -2.41. The number of hydrogen-bond acceptors (Lipinski definition) is 9. The summed E-state index contributed by atoms with van der Waals surface area (Å²) >= 11 is 0. The minimum atomic E-state index is -3.89. The zero-order chi connectivity index (χ0) is 23.2. The molecule has 1 fully saturated rings. The van der Waals surface area contributed by atoms with E-state index in [0.717, 1.165) is 12.3 Å². The number of nitrogens with one attached hydrogen (secondary N) is 1. The molecular formula is C18H16F2N4O8. The van der Waals surface area contributed by atoms with E-state index in [9.17, 15) is 33.6 Å². The summed E-state index contributed by atoms with van der Waals surface area (Å²) in [6.07, 6.45) is -4.86. The predicted molar refractivity (Wildman–Crippen MR) is 101 cm³/mol. The number of aromatic nitrogens is 2. The number of nitro benzene ring substituents is 1. The smallest absolute Gasteiger partial charge is 0.351 e. The van der Waals surface area contributed by atoms with Gasteiger partial charge in [0, 0.05) is 30.3 Å². The molecule has 1 saturated heterocycles. The first-order valence-electron chi connectivity index (χ1n) is 9.30. The number of benzene rings is 1. The molecule has 1 aromatic carbocycles. The van der Waals surface area contributed by atoms with Crippen LogP contribution in [-0.4, -0.2) is 61.9 Å². The fraction of sp³-hybridized carbons (Fsp3) is 0.389. The van der Waals surface area contributed by atoms with Crippen LogP contribution in [-0.2, 0) is 11.2 Å². The van der Waals surface area contributed by atoms with Crippen molar-refractivity contribution in [1.82, 2.24) is 9.55 Å². The Morgan fingerprint density at radius 1 is 1.44 bits per heavy atom. The third-order valence-corrected chi connectivity index (χ3v) is 5.13. The molecule has 170 valence electrons. The van der Waals surface area contributed by atoms with Gasteiger partial charge in [0.15, 0.2) is 6.10 Å². The molecule has 12 nitrogen and oxygen atoms in total. The van der Waals surface area contributed by atoms with Gasteiger partial charge >= 0.3 is 11.6 Å². The summed E-state index contributed by atoms with van der Waals surface area (Å²) in [5.74, 6) is -4.89. The number of ether oxygens (including phenoxy) is 2. The fourth-order valence-electron chi connectivity index (χ4n) is 3.51. The van der Waals surface area contributed by atoms with E-state index in [1.54, 1.807) is 0 Å². The summed E-state index contributed by atoms with van der Waals surface area (Å²) in [5, 5.41) is 32.2. The van der Waals surface area contributed by atoms with Crippen LogP contribution in [0.4, 0.5) is 20.3 Å². The second-order valence-corrected chi connectivity index (χ2v) is 7.12. The Bertz CT molecular complexity index is 1150. The summed E-state index contributed by atoms with van der Waals surface area (Å²) in [5.41, 5.74) is -1.47. The molecular weight excluding hydrogens is 438 g/mol. The van der Waals surface area contributed by atoms with Gasteiger partial charge in [0.1, 0.15) is 23.2 Å². The molecule has 3 atom stereocenters. The van der Waals surface area contributed by atoms with E-state index in [1.165, 1.54) is 12.1 Å². The molecule has 0 bridgehead atoms. The number of rotatable bonds is 5. The SMILES string of the molecule is O=C(Nc1ccn(C2O[C@H](CO)[C@@H](O)C2(F)F)c(=O)n1)c1cc2c(cc1[N+](=O)[O-])CCO2. The Morgan fingerprint density at radius 3 is 2.81 bits per heavy atom. The molecule has 3 heterocycles. The Morgan fingerprint density at radius 2 is 2.19 bits per heavy atom. The summed E-state index contributed by atoms with van der Waals surface area (Å²) in [7, 11) is 0. The second-order valence-electron chi connectivity index (χ2n) is 7.12. The number of anilines is 1. The lowest BCUT2D eigenvalue weighted by molar-refractivity contribution is -0.385. The maximum Gasteiger partial charge on any atom is 0.351 e. The number of nitrogens with zero attached hydrogens (tertiary/aromatic N) is 3. The molecule has 32 heavy (non-hydrogen) atoms. The molecule has 1 amide bonds. The number of carbonyl (C=O) groups is 1. The van der Waals surface area contributed by atoms with Crippen LogP contribution in [0, 0.1) is 10.1 Å². The molecule has 2 aliphatic heterocycles. The van der Waals surface area contributed by atoms with Crippen LogP contribution >= 0.6 is 0 Å². The molecule has 1 unspecified atom stereocenters. The molecule has 2 aliphatic rings. The molecule has 1 aromatic heterocycles. The van der Waals surface area contributed by atoms with Gasteiger partial charge in [-0.25, -0.2) is 4.79 Å². The highest BCUT2D eigenvalue weighted by Gasteiger charge is 2.59. The predicted octanol–water partition coefficient (Wildman–Crippen LogP) is 0.225. The third kappa shape index (κ3) is 3.57. The zero-order valence-corrected chi connectivity index (χ0v) is 16.1. The van der Waals surface area contributed by atoms with Crippen molar-refractivity contribution in [3.63, 3.8) is 0 Å². The van der Waals surface area contributed by atoms with Crippen LogP contribution in [0.25, 0.3) is 0 Å². The average Bonchev–Trinajstić information content (AvgIpc) is 3.29. The Balaban J connectivity index is 1.60. The van der Waals surface area contributed by atoms with Crippen LogP contribution in [0.5, 0.6) is 5.75 Å². The summed E-state index contributed by atoms with van der Waals surface area (Å²) in [6.45, 7) is -0.579. The van der Waals surface area contributed by atoms with Crippen molar-refractivity contribution in [3.05, 3.63) is 56.1 Å². The maximum absolute atomic E-state index is 14.2. The number of aliphatic hydroxyl groups is 2. The zero-order valence-electron chi connectivity index (χ0n) is 16.1. The number of nitro groups is 1. The van der Waals surface area contributed by atoms with E-state index < -0.39 is 53.2 Å². The van der Waals surface area contributed by atoms with Gasteiger partial charge in [0.05, 0.1) is 18.1 Å². The van der Waals surface area contributed by atoms with Gasteiger partial charge in [0.25, 0.3) is 11.6 Å². The number of amides is 1. The third-order valence-electron chi connectivity index (χ3n) is 5.13. The number of aliphatic hydroxyl groups excluding tert-OH is 2. The fourth-order valence-corrected chi connectivity index (χ4v) is 3.51. The Labute approximate surface area is 177 Å². The van der Waals surface area contributed by atoms with Crippen molar-refractivity contribution >= 4 is 17.4 Å². The van der Waals surface area contributed by atoms with Gasteiger partial charge in [0.2, 0.25) is 6.23 Å². The molecule has 2 aromatic rings. The van der Waals surface area contributed by atoms with Gasteiger partial charge in [-0.1, -0.05) is 0 Å².